The van der Waals surface area contributed by atoms with Gasteiger partial charge in [-0.1, -0.05) is 6.07 Å². The number of hydrogen-bond donors (Lipinski definition) is 3. The molecule has 1 unspecified atom stereocenters. The van der Waals surface area contributed by atoms with Crippen LogP contribution in [0.25, 0.3) is 0 Å². The Bertz CT molecular complexity index is 1150. The molecule has 6 heterocycles. The number of nitrogens with zero attached hydrogens (tertiary/aromatic N) is 5. The zero-order valence-electron chi connectivity index (χ0n) is 16.2. The highest BCUT2D eigenvalue weighted by molar-refractivity contribution is 5.88. The fourth-order valence-corrected chi connectivity index (χ4v) is 3.85. The predicted molar refractivity (Wildman–Crippen MR) is 115 cm³/mol. The first-order chi connectivity index (χ1) is 14.8. The molecule has 0 radical (unpaired) electrons. The summed E-state index contributed by atoms with van der Waals surface area (Å²) in [5.41, 5.74) is 3.98. The van der Waals surface area contributed by atoms with Crippen LogP contribution in [0.2, 0.25) is 0 Å². The Balaban J connectivity index is 1.22. The van der Waals surface area contributed by atoms with Crippen molar-refractivity contribution in [1.29, 1.82) is 0 Å². The second-order valence-corrected chi connectivity index (χ2v) is 7.36. The molecule has 0 aliphatic carbocycles. The van der Waals surface area contributed by atoms with E-state index in [0.29, 0.717) is 13.3 Å². The molecule has 6 rings (SSSR count). The minimum atomic E-state index is -0.243. The lowest BCUT2D eigenvalue weighted by atomic mass is 10.1. The van der Waals surface area contributed by atoms with Crippen molar-refractivity contribution >= 4 is 29.4 Å². The van der Waals surface area contributed by atoms with E-state index in [9.17, 15) is 0 Å². The van der Waals surface area contributed by atoms with Crippen LogP contribution in [-0.2, 0) is 6.54 Å². The van der Waals surface area contributed by atoms with Gasteiger partial charge in [-0.25, -0.2) is 15.0 Å². The molecule has 0 amide bonds. The molecule has 1 atom stereocenters. The normalized spacial score (nSPS) is 18.7. The molecule has 3 aliphatic rings. The number of anilines is 4. The number of nitrogens with one attached hydrogen (secondary N) is 3. The maximum absolute atomic E-state index is 5.72. The fourth-order valence-electron chi connectivity index (χ4n) is 3.85. The molecule has 0 saturated heterocycles. The molecular weight excluding hydrogens is 380 g/mol. The van der Waals surface area contributed by atoms with Crippen LogP contribution >= 0.6 is 0 Å². The van der Waals surface area contributed by atoms with Crippen LogP contribution in [0, 0.1) is 0 Å². The Labute approximate surface area is 173 Å². The van der Waals surface area contributed by atoms with Crippen LogP contribution in [0.4, 0.5) is 23.1 Å². The average molecular weight is 400 g/mol. The van der Waals surface area contributed by atoms with Crippen LogP contribution in [0.5, 0.6) is 5.75 Å². The lowest BCUT2D eigenvalue weighted by Gasteiger charge is -2.32. The van der Waals surface area contributed by atoms with Gasteiger partial charge < -0.3 is 25.6 Å². The molecule has 9 heteroatoms. The lowest BCUT2D eigenvalue weighted by molar-refractivity contribution is 0.321. The van der Waals surface area contributed by atoms with Gasteiger partial charge in [-0.05, 0) is 18.2 Å². The fraction of sp³-hybridized carbons (Fsp3) is 0.238. The quantitative estimate of drug-likeness (QED) is 0.604. The molecule has 30 heavy (non-hydrogen) atoms. The molecule has 3 aliphatic heterocycles. The molecule has 0 saturated carbocycles. The summed E-state index contributed by atoms with van der Waals surface area (Å²) in [6.07, 6.45) is 5.25. The first-order valence-corrected chi connectivity index (χ1v) is 9.93. The Morgan fingerprint density at radius 3 is 3.07 bits per heavy atom. The molecule has 3 aromatic rings. The number of ether oxygens (including phenoxy) is 1. The van der Waals surface area contributed by atoms with Crippen molar-refractivity contribution in [3.8, 4) is 5.75 Å². The third-order valence-corrected chi connectivity index (χ3v) is 5.41. The maximum Gasteiger partial charge on any atom is 0.169 e. The molecule has 150 valence electrons. The molecule has 0 spiro atoms. The minimum absolute atomic E-state index is 0.243. The third-order valence-electron chi connectivity index (χ3n) is 5.41. The monoisotopic (exact) mass is 400 g/mol. The minimum Gasteiger partial charge on any atom is -0.488 e. The van der Waals surface area contributed by atoms with E-state index in [1.807, 2.05) is 36.7 Å². The number of hydrogen-bond acceptors (Lipinski definition) is 9. The zero-order valence-corrected chi connectivity index (χ0v) is 16.2. The highest BCUT2D eigenvalue weighted by Crippen LogP contribution is 2.33. The Morgan fingerprint density at radius 1 is 1.07 bits per heavy atom. The first kappa shape index (κ1) is 17.0. The van der Waals surface area contributed by atoms with Gasteiger partial charge in [0.15, 0.2) is 17.7 Å². The van der Waals surface area contributed by atoms with E-state index >= 15 is 0 Å². The number of pyridine rings is 3. The van der Waals surface area contributed by atoms with Crippen LogP contribution in [0.1, 0.15) is 23.0 Å². The number of rotatable bonds is 2. The SMILES string of the molecule is C1=NC(c2ccc3c(n2)NCN(c2cnc4c(c2)OCCN4)C3)Nc2ncccc21. The van der Waals surface area contributed by atoms with Gasteiger partial charge in [0.05, 0.1) is 30.8 Å². The second kappa shape index (κ2) is 6.87. The van der Waals surface area contributed by atoms with E-state index in [1.165, 1.54) is 0 Å². The van der Waals surface area contributed by atoms with Crippen molar-refractivity contribution in [1.82, 2.24) is 15.0 Å². The van der Waals surface area contributed by atoms with Crippen molar-refractivity contribution in [3.05, 3.63) is 59.5 Å². The highest BCUT2D eigenvalue weighted by Gasteiger charge is 2.23. The van der Waals surface area contributed by atoms with Gasteiger partial charge in [0.25, 0.3) is 0 Å². The Hall–Kier alpha value is -3.88. The molecule has 3 N–H and O–H groups in total. The summed E-state index contributed by atoms with van der Waals surface area (Å²) in [5.74, 6) is 3.32. The van der Waals surface area contributed by atoms with Crippen molar-refractivity contribution in [2.24, 2.45) is 4.99 Å². The van der Waals surface area contributed by atoms with Gasteiger partial charge >= 0.3 is 0 Å². The predicted octanol–water partition coefficient (Wildman–Crippen LogP) is 2.61. The van der Waals surface area contributed by atoms with Crippen molar-refractivity contribution in [3.63, 3.8) is 0 Å². The van der Waals surface area contributed by atoms with Crippen LogP contribution in [0.3, 0.4) is 0 Å². The zero-order chi connectivity index (χ0) is 19.9. The van der Waals surface area contributed by atoms with E-state index in [4.69, 9.17) is 9.72 Å². The van der Waals surface area contributed by atoms with E-state index in [2.05, 4.69) is 41.9 Å². The third kappa shape index (κ3) is 2.95. The smallest absolute Gasteiger partial charge is 0.169 e. The summed E-state index contributed by atoms with van der Waals surface area (Å²) in [5, 5.41) is 10.0. The number of aromatic nitrogens is 3. The highest BCUT2D eigenvalue weighted by atomic mass is 16.5. The standard InChI is InChI=1S/C21H20N8O/c1-2-13-9-24-20(28-18(13)22-5-1)16-4-3-14-11-29(12-26-19(14)27-16)15-8-17-21(25-10-15)23-6-7-30-17/h1-5,8-10,20H,6-7,11-12H2,(H,22,28)(H,23,25)(H,26,27). The van der Waals surface area contributed by atoms with E-state index in [0.717, 1.165) is 58.8 Å². The van der Waals surface area contributed by atoms with Gasteiger partial charge in [-0.2, -0.15) is 0 Å². The molecule has 3 aromatic heterocycles. The molecule has 0 fully saturated rings. The lowest BCUT2D eigenvalue weighted by Crippen LogP contribution is -2.34. The van der Waals surface area contributed by atoms with Crippen LogP contribution in [-0.4, -0.2) is 41.0 Å². The van der Waals surface area contributed by atoms with Crippen molar-refractivity contribution in [2.45, 2.75) is 12.7 Å². The van der Waals surface area contributed by atoms with Gasteiger partial charge in [-0.3, -0.25) is 4.99 Å². The molecule has 0 bridgehead atoms. The first-order valence-electron chi connectivity index (χ1n) is 9.93. The number of aliphatic imine (C=N–C) groups is 1. The summed E-state index contributed by atoms with van der Waals surface area (Å²) in [4.78, 5) is 20.5. The summed E-state index contributed by atoms with van der Waals surface area (Å²) in [6.45, 7) is 2.83. The summed E-state index contributed by atoms with van der Waals surface area (Å²) >= 11 is 0. The van der Waals surface area contributed by atoms with Gasteiger partial charge in [-0.15, -0.1) is 0 Å². The molecule has 0 aromatic carbocycles. The van der Waals surface area contributed by atoms with Crippen LogP contribution in [0.15, 0.2) is 47.7 Å². The van der Waals surface area contributed by atoms with E-state index < -0.39 is 0 Å². The average Bonchev–Trinajstić information content (AvgIpc) is 2.83. The van der Waals surface area contributed by atoms with Crippen molar-refractivity contribution in [2.75, 3.05) is 40.7 Å². The van der Waals surface area contributed by atoms with Crippen LogP contribution < -0.4 is 25.6 Å². The Kier molecular flexibility index (Phi) is 3.90. The van der Waals surface area contributed by atoms with E-state index in [1.54, 1.807) is 6.20 Å². The molecule has 9 nitrogen and oxygen atoms in total. The second-order valence-electron chi connectivity index (χ2n) is 7.36. The molecular formula is C21H20N8O. The number of fused-ring (bicyclic) bond motifs is 3. The maximum atomic E-state index is 5.72. The van der Waals surface area contributed by atoms with Crippen molar-refractivity contribution < 1.29 is 4.74 Å². The summed E-state index contributed by atoms with van der Waals surface area (Å²) < 4.78 is 5.72. The summed E-state index contributed by atoms with van der Waals surface area (Å²) in [6, 6.07) is 10.0. The van der Waals surface area contributed by atoms with E-state index in [-0.39, 0.29) is 6.17 Å². The van der Waals surface area contributed by atoms with Gasteiger partial charge in [0, 0.05) is 36.1 Å². The van der Waals surface area contributed by atoms with Gasteiger partial charge in [0.2, 0.25) is 0 Å². The topological polar surface area (TPSA) is 99.6 Å². The van der Waals surface area contributed by atoms with Gasteiger partial charge in [0.1, 0.15) is 18.2 Å². The Morgan fingerprint density at radius 2 is 2.07 bits per heavy atom. The largest absolute Gasteiger partial charge is 0.488 e. The summed E-state index contributed by atoms with van der Waals surface area (Å²) in [7, 11) is 0.